The monoisotopic (exact) mass is 358 g/mol. The fourth-order valence-corrected chi connectivity index (χ4v) is 2.86. The van der Waals surface area contributed by atoms with Gasteiger partial charge in [0, 0.05) is 6.54 Å². The molecule has 0 aromatic heterocycles. The molecule has 1 unspecified atom stereocenters. The lowest BCUT2D eigenvalue weighted by molar-refractivity contribution is -0.128. The van der Waals surface area contributed by atoms with Gasteiger partial charge in [0.1, 0.15) is 0 Å². The van der Waals surface area contributed by atoms with Crippen LogP contribution >= 0.6 is 12.4 Å². The summed E-state index contributed by atoms with van der Waals surface area (Å²) in [6, 6.07) is 3.69. The number of piperidine rings is 1. The van der Waals surface area contributed by atoms with Crippen molar-refractivity contribution in [1.29, 1.82) is 0 Å². The Morgan fingerprint density at radius 3 is 2.25 bits per heavy atom. The van der Waals surface area contributed by atoms with E-state index in [1.54, 1.807) is 21.3 Å². The van der Waals surface area contributed by atoms with Crippen LogP contribution < -0.4 is 24.8 Å². The topological polar surface area (TPSA) is 68.8 Å². The van der Waals surface area contributed by atoms with Crippen LogP contribution in [0.4, 0.5) is 0 Å². The van der Waals surface area contributed by atoms with Crippen LogP contribution in [0, 0.1) is 0 Å². The molecule has 1 amide bonds. The summed E-state index contributed by atoms with van der Waals surface area (Å²) >= 11 is 0. The molecule has 0 spiro atoms. The molecule has 1 aliphatic heterocycles. The number of methoxy groups -OCH3 is 3. The first-order chi connectivity index (χ1) is 11.0. The lowest BCUT2D eigenvalue weighted by Gasteiger charge is -2.33. The number of ether oxygens (including phenoxy) is 3. The number of amides is 1. The van der Waals surface area contributed by atoms with E-state index in [4.69, 9.17) is 14.2 Å². The summed E-state index contributed by atoms with van der Waals surface area (Å²) in [6.45, 7) is 3.25. The standard InChI is InChI=1S/C17H26N2O4.ClH/c1-17(7-5-6-8-19-17)16(20)18-11-12-9-13(21-2)15(23-4)14(10-12)22-3;/h9-10,19H,5-8,11H2,1-4H3,(H,18,20);1H. The zero-order valence-electron chi connectivity index (χ0n) is 14.7. The van der Waals surface area contributed by atoms with Crippen LogP contribution in [0.15, 0.2) is 12.1 Å². The van der Waals surface area contributed by atoms with Gasteiger partial charge in [0.25, 0.3) is 0 Å². The van der Waals surface area contributed by atoms with Gasteiger partial charge < -0.3 is 24.8 Å². The Bertz CT molecular complexity index is 535. The van der Waals surface area contributed by atoms with Gasteiger partial charge in [0.05, 0.1) is 26.9 Å². The van der Waals surface area contributed by atoms with E-state index >= 15 is 0 Å². The molecule has 1 saturated heterocycles. The van der Waals surface area contributed by atoms with E-state index in [1.807, 2.05) is 19.1 Å². The molecule has 1 aromatic carbocycles. The van der Waals surface area contributed by atoms with Crippen LogP contribution in [0.1, 0.15) is 31.7 Å². The number of hydrogen-bond donors (Lipinski definition) is 2. The summed E-state index contributed by atoms with van der Waals surface area (Å²) in [4.78, 5) is 12.5. The number of carbonyl (C=O) groups excluding carboxylic acids is 1. The van der Waals surface area contributed by atoms with Crippen molar-refractivity contribution in [3.8, 4) is 17.2 Å². The number of rotatable bonds is 6. The fourth-order valence-electron chi connectivity index (χ4n) is 2.86. The van der Waals surface area contributed by atoms with Gasteiger partial charge in [-0.1, -0.05) is 0 Å². The summed E-state index contributed by atoms with van der Waals surface area (Å²) in [5, 5.41) is 6.31. The highest BCUT2D eigenvalue weighted by Crippen LogP contribution is 2.38. The third kappa shape index (κ3) is 4.45. The first kappa shape index (κ1) is 20.4. The molecule has 7 heteroatoms. The van der Waals surface area contributed by atoms with E-state index in [9.17, 15) is 4.79 Å². The first-order valence-corrected chi connectivity index (χ1v) is 7.86. The second-order valence-electron chi connectivity index (χ2n) is 5.93. The van der Waals surface area contributed by atoms with Crippen molar-refractivity contribution in [2.45, 2.75) is 38.3 Å². The Morgan fingerprint density at radius 1 is 1.17 bits per heavy atom. The normalized spacial score (nSPS) is 19.8. The van der Waals surface area contributed by atoms with Crippen LogP contribution in [-0.2, 0) is 11.3 Å². The fraction of sp³-hybridized carbons (Fsp3) is 0.588. The maximum Gasteiger partial charge on any atom is 0.240 e. The molecule has 1 heterocycles. The van der Waals surface area contributed by atoms with Crippen molar-refractivity contribution in [2.75, 3.05) is 27.9 Å². The van der Waals surface area contributed by atoms with E-state index in [0.29, 0.717) is 23.8 Å². The molecule has 0 aliphatic carbocycles. The van der Waals surface area contributed by atoms with E-state index in [-0.39, 0.29) is 18.3 Å². The lowest BCUT2D eigenvalue weighted by Crippen LogP contribution is -2.56. The molecule has 2 N–H and O–H groups in total. The lowest BCUT2D eigenvalue weighted by atomic mass is 9.90. The molecule has 24 heavy (non-hydrogen) atoms. The van der Waals surface area contributed by atoms with Gasteiger partial charge in [0.15, 0.2) is 11.5 Å². The first-order valence-electron chi connectivity index (χ1n) is 7.86. The van der Waals surface area contributed by atoms with Crippen molar-refractivity contribution in [3.05, 3.63) is 17.7 Å². The number of benzene rings is 1. The second-order valence-corrected chi connectivity index (χ2v) is 5.93. The van der Waals surface area contributed by atoms with Crippen LogP contribution in [-0.4, -0.2) is 39.3 Å². The van der Waals surface area contributed by atoms with Crippen LogP contribution in [0.5, 0.6) is 17.2 Å². The molecule has 1 fully saturated rings. The zero-order chi connectivity index (χ0) is 16.9. The highest BCUT2D eigenvalue weighted by Gasteiger charge is 2.33. The van der Waals surface area contributed by atoms with E-state index in [2.05, 4.69) is 10.6 Å². The Kier molecular flexibility index (Phi) is 7.63. The molecule has 1 atom stereocenters. The van der Waals surface area contributed by atoms with Crippen molar-refractivity contribution in [3.63, 3.8) is 0 Å². The predicted octanol–water partition coefficient (Wildman–Crippen LogP) is 2.28. The minimum Gasteiger partial charge on any atom is -0.493 e. The number of halogens is 1. The van der Waals surface area contributed by atoms with Gasteiger partial charge in [-0.2, -0.15) is 0 Å². The van der Waals surface area contributed by atoms with Gasteiger partial charge >= 0.3 is 0 Å². The largest absolute Gasteiger partial charge is 0.493 e. The average molecular weight is 359 g/mol. The van der Waals surface area contributed by atoms with Crippen molar-refractivity contribution >= 4 is 18.3 Å². The number of carbonyl (C=O) groups is 1. The molecule has 136 valence electrons. The molecule has 0 radical (unpaired) electrons. The minimum atomic E-state index is -0.487. The second kappa shape index (κ2) is 8.99. The predicted molar refractivity (Wildman–Crippen MR) is 95.5 cm³/mol. The summed E-state index contributed by atoms with van der Waals surface area (Å²) in [7, 11) is 4.72. The van der Waals surface area contributed by atoms with Crippen LogP contribution in [0.2, 0.25) is 0 Å². The zero-order valence-corrected chi connectivity index (χ0v) is 15.5. The molecule has 1 aliphatic rings. The molecule has 0 bridgehead atoms. The van der Waals surface area contributed by atoms with Gasteiger partial charge in [-0.05, 0) is 50.4 Å². The molecule has 2 rings (SSSR count). The van der Waals surface area contributed by atoms with Gasteiger partial charge in [-0.25, -0.2) is 0 Å². The highest BCUT2D eigenvalue weighted by atomic mass is 35.5. The summed E-state index contributed by atoms with van der Waals surface area (Å²) < 4.78 is 16.0. The Morgan fingerprint density at radius 2 is 1.79 bits per heavy atom. The summed E-state index contributed by atoms with van der Waals surface area (Å²) in [5.41, 5.74) is 0.408. The maximum atomic E-state index is 12.5. The Balaban J connectivity index is 0.00000288. The third-order valence-electron chi connectivity index (χ3n) is 4.30. The Hall–Kier alpha value is -1.66. The molecule has 6 nitrogen and oxygen atoms in total. The van der Waals surface area contributed by atoms with Gasteiger partial charge in [-0.3, -0.25) is 4.79 Å². The molecule has 1 aromatic rings. The van der Waals surface area contributed by atoms with Crippen molar-refractivity contribution < 1.29 is 19.0 Å². The maximum absolute atomic E-state index is 12.5. The van der Waals surface area contributed by atoms with Crippen LogP contribution in [0.25, 0.3) is 0 Å². The van der Waals surface area contributed by atoms with Gasteiger partial charge in [-0.15, -0.1) is 12.4 Å². The highest BCUT2D eigenvalue weighted by molar-refractivity contribution is 5.86. The summed E-state index contributed by atoms with van der Waals surface area (Å²) in [5.74, 6) is 1.73. The molecular weight excluding hydrogens is 332 g/mol. The van der Waals surface area contributed by atoms with Crippen LogP contribution in [0.3, 0.4) is 0 Å². The van der Waals surface area contributed by atoms with E-state index < -0.39 is 5.54 Å². The SMILES string of the molecule is COc1cc(CNC(=O)C2(C)CCCCN2)cc(OC)c1OC.Cl. The van der Waals surface area contributed by atoms with Gasteiger partial charge in [0.2, 0.25) is 11.7 Å². The quantitative estimate of drug-likeness (QED) is 0.816. The average Bonchev–Trinajstić information content (AvgIpc) is 2.59. The molecule has 0 saturated carbocycles. The minimum absolute atomic E-state index is 0. The van der Waals surface area contributed by atoms with E-state index in [0.717, 1.165) is 31.4 Å². The van der Waals surface area contributed by atoms with E-state index in [1.165, 1.54) is 0 Å². The van der Waals surface area contributed by atoms with Crippen molar-refractivity contribution in [2.24, 2.45) is 0 Å². The van der Waals surface area contributed by atoms with Crippen molar-refractivity contribution in [1.82, 2.24) is 10.6 Å². The number of nitrogens with one attached hydrogen (secondary N) is 2. The number of hydrogen-bond acceptors (Lipinski definition) is 5. The third-order valence-corrected chi connectivity index (χ3v) is 4.30. The molecular formula is C17H27ClN2O4. The Labute approximate surface area is 149 Å². The summed E-state index contributed by atoms with van der Waals surface area (Å²) in [6.07, 6.45) is 3.05. The smallest absolute Gasteiger partial charge is 0.240 e.